The zero-order valence-corrected chi connectivity index (χ0v) is 8.58. The van der Waals surface area contributed by atoms with Gasteiger partial charge in [0.15, 0.2) is 6.10 Å². The van der Waals surface area contributed by atoms with Crippen LogP contribution in [-0.2, 0) is 0 Å². The van der Waals surface area contributed by atoms with Crippen LogP contribution in [-0.4, -0.2) is 30.5 Å². The Morgan fingerprint density at radius 1 is 1.25 bits per heavy atom. The topological polar surface area (TPSA) is 51.6 Å². The molecule has 1 rings (SSSR count). The van der Waals surface area contributed by atoms with Gasteiger partial charge in [-0.2, -0.15) is 13.2 Å². The van der Waals surface area contributed by atoms with Gasteiger partial charge in [0, 0.05) is 6.07 Å². The van der Waals surface area contributed by atoms with Crippen LogP contribution in [0.2, 0.25) is 0 Å². The molecule has 1 heterocycles. The van der Waals surface area contributed by atoms with E-state index < -0.39 is 18.0 Å². The number of hydrogen-bond acceptors (Lipinski definition) is 4. The van der Waals surface area contributed by atoms with E-state index in [1.165, 1.54) is 26.4 Å². The quantitative estimate of drug-likeness (QED) is 0.869. The number of aromatic nitrogens is 1. The summed E-state index contributed by atoms with van der Waals surface area (Å²) in [4.78, 5) is 3.51. The predicted octanol–water partition coefficient (Wildman–Crippen LogP) is 1.69. The van der Waals surface area contributed by atoms with Crippen LogP contribution in [0.4, 0.5) is 13.2 Å². The summed E-state index contributed by atoms with van der Waals surface area (Å²) in [6.07, 6.45) is -7.50. The van der Waals surface area contributed by atoms with Crippen molar-refractivity contribution in [2.75, 3.05) is 14.2 Å². The standard InChI is InChI=1S/C9H10F3NO3/c1-15-5-3-4-6(16-2)13-7(5)8(14)9(10,11)12/h3-4,8,14H,1-2H3. The molecule has 0 bridgehead atoms. The first-order valence-corrected chi connectivity index (χ1v) is 4.24. The van der Waals surface area contributed by atoms with Crippen LogP contribution in [0.15, 0.2) is 12.1 Å². The minimum Gasteiger partial charge on any atom is -0.495 e. The zero-order chi connectivity index (χ0) is 12.3. The molecule has 0 saturated carbocycles. The fourth-order valence-electron chi connectivity index (χ4n) is 1.08. The predicted molar refractivity (Wildman–Crippen MR) is 48.4 cm³/mol. The van der Waals surface area contributed by atoms with E-state index in [0.29, 0.717) is 0 Å². The molecule has 0 amide bonds. The fraction of sp³-hybridized carbons (Fsp3) is 0.444. The van der Waals surface area contributed by atoms with E-state index >= 15 is 0 Å². The van der Waals surface area contributed by atoms with Crippen molar-refractivity contribution in [1.29, 1.82) is 0 Å². The molecule has 4 nitrogen and oxygen atoms in total. The summed E-state index contributed by atoms with van der Waals surface area (Å²) < 4.78 is 46.3. The molecular formula is C9H10F3NO3. The van der Waals surface area contributed by atoms with Crippen LogP contribution in [0.25, 0.3) is 0 Å². The minimum atomic E-state index is -4.80. The van der Waals surface area contributed by atoms with Crippen LogP contribution in [0.1, 0.15) is 11.8 Å². The molecule has 1 aromatic heterocycles. The number of hydrogen-bond donors (Lipinski definition) is 1. The van der Waals surface area contributed by atoms with Crippen LogP contribution in [0, 0.1) is 0 Å². The summed E-state index contributed by atoms with van der Waals surface area (Å²) in [5.74, 6) is -0.176. The molecule has 0 aliphatic carbocycles. The second-order valence-corrected chi connectivity index (χ2v) is 2.89. The average molecular weight is 237 g/mol. The number of nitrogens with zero attached hydrogens (tertiary/aromatic N) is 1. The molecular weight excluding hydrogens is 227 g/mol. The van der Waals surface area contributed by atoms with Crippen LogP contribution >= 0.6 is 0 Å². The molecule has 1 atom stereocenters. The Bertz CT molecular complexity index is 368. The molecule has 0 aliphatic heterocycles. The van der Waals surface area contributed by atoms with Crippen LogP contribution < -0.4 is 9.47 Å². The Kier molecular flexibility index (Phi) is 3.58. The number of alkyl halides is 3. The minimum absolute atomic E-state index is 0.0286. The summed E-state index contributed by atoms with van der Waals surface area (Å²) in [6, 6.07) is 2.58. The number of pyridine rings is 1. The van der Waals surface area contributed by atoms with Crippen LogP contribution in [0.3, 0.4) is 0 Å². The number of halogens is 3. The van der Waals surface area contributed by atoms with E-state index in [1.54, 1.807) is 0 Å². The third-order valence-electron chi connectivity index (χ3n) is 1.86. The Morgan fingerprint density at radius 2 is 1.88 bits per heavy atom. The number of rotatable bonds is 3. The lowest BCUT2D eigenvalue weighted by Gasteiger charge is -2.16. The number of aliphatic hydroxyl groups is 1. The highest BCUT2D eigenvalue weighted by molar-refractivity contribution is 5.33. The Labute approximate surface area is 89.6 Å². The largest absolute Gasteiger partial charge is 0.495 e. The maximum Gasteiger partial charge on any atom is 0.420 e. The first kappa shape index (κ1) is 12.6. The van der Waals surface area contributed by atoms with E-state index in [0.717, 1.165) is 0 Å². The van der Waals surface area contributed by atoms with Gasteiger partial charge in [-0.05, 0) is 6.07 Å². The van der Waals surface area contributed by atoms with Gasteiger partial charge in [0.25, 0.3) is 0 Å². The summed E-state index contributed by atoms with van der Waals surface area (Å²) in [5, 5.41) is 9.07. The van der Waals surface area contributed by atoms with Gasteiger partial charge in [-0.15, -0.1) is 0 Å². The summed E-state index contributed by atoms with van der Waals surface area (Å²) in [7, 11) is 2.45. The summed E-state index contributed by atoms with van der Waals surface area (Å²) in [6.45, 7) is 0. The first-order chi connectivity index (χ1) is 7.40. The van der Waals surface area contributed by atoms with E-state index in [9.17, 15) is 13.2 Å². The van der Waals surface area contributed by atoms with Gasteiger partial charge < -0.3 is 14.6 Å². The van der Waals surface area contributed by atoms with Gasteiger partial charge in [-0.25, -0.2) is 4.98 Å². The van der Waals surface area contributed by atoms with Crippen molar-refractivity contribution in [3.05, 3.63) is 17.8 Å². The van der Waals surface area contributed by atoms with Crippen molar-refractivity contribution >= 4 is 0 Å². The van der Waals surface area contributed by atoms with Crippen molar-refractivity contribution in [1.82, 2.24) is 4.98 Å². The first-order valence-electron chi connectivity index (χ1n) is 4.24. The van der Waals surface area contributed by atoms with Crippen molar-refractivity contribution in [2.24, 2.45) is 0 Å². The number of aliphatic hydroxyl groups excluding tert-OH is 1. The summed E-state index contributed by atoms with van der Waals surface area (Å²) >= 11 is 0. The number of methoxy groups -OCH3 is 2. The molecule has 1 unspecified atom stereocenters. The molecule has 16 heavy (non-hydrogen) atoms. The molecule has 0 spiro atoms. The Hall–Kier alpha value is -1.50. The van der Waals surface area contributed by atoms with Gasteiger partial charge in [-0.1, -0.05) is 0 Å². The van der Waals surface area contributed by atoms with Crippen molar-refractivity contribution in [3.63, 3.8) is 0 Å². The molecule has 90 valence electrons. The third kappa shape index (κ3) is 2.54. The SMILES string of the molecule is COc1ccc(OC)c(C(O)C(F)(F)F)n1. The average Bonchev–Trinajstić information content (AvgIpc) is 2.25. The molecule has 1 N–H and O–H groups in total. The lowest BCUT2D eigenvalue weighted by Crippen LogP contribution is -2.22. The second-order valence-electron chi connectivity index (χ2n) is 2.89. The third-order valence-corrected chi connectivity index (χ3v) is 1.86. The van der Waals surface area contributed by atoms with Crippen molar-refractivity contribution < 1.29 is 27.8 Å². The molecule has 7 heteroatoms. The maximum absolute atomic E-state index is 12.3. The van der Waals surface area contributed by atoms with Crippen LogP contribution in [0.5, 0.6) is 11.6 Å². The highest BCUT2D eigenvalue weighted by Gasteiger charge is 2.42. The molecule has 0 fully saturated rings. The zero-order valence-electron chi connectivity index (χ0n) is 8.58. The second kappa shape index (κ2) is 4.56. The maximum atomic E-state index is 12.3. The normalized spacial score (nSPS) is 13.4. The number of ether oxygens (including phenoxy) is 2. The van der Waals surface area contributed by atoms with Gasteiger partial charge >= 0.3 is 6.18 Å². The Morgan fingerprint density at radius 3 is 2.31 bits per heavy atom. The fourth-order valence-corrected chi connectivity index (χ4v) is 1.08. The highest BCUT2D eigenvalue weighted by Crippen LogP contribution is 2.36. The van der Waals surface area contributed by atoms with Crippen molar-refractivity contribution in [3.8, 4) is 11.6 Å². The molecule has 0 aromatic carbocycles. The lowest BCUT2D eigenvalue weighted by molar-refractivity contribution is -0.208. The van der Waals surface area contributed by atoms with E-state index in [4.69, 9.17) is 5.11 Å². The molecule has 1 aromatic rings. The van der Waals surface area contributed by atoms with E-state index in [2.05, 4.69) is 14.5 Å². The van der Waals surface area contributed by atoms with Gasteiger partial charge in [-0.3, -0.25) is 0 Å². The van der Waals surface area contributed by atoms with Gasteiger partial charge in [0.2, 0.25) is 5.88 Å². The van der Waals surface area contributed by atoms with E-state index in [-0.39, 0.29) is 11.6 Å². The smallest absolute Gasteiger partial charge is 0.420 e. The van der Waals surface area contributed by atoms with Gasteiger partial charge in [0.05, 0.1) is 14.2 Å². The summed E-state index contributed by atoms with van der Waals surface area (Å²) in [5.41, 5.74) is -0.616. The monoisotopic (exact) mass is 237 g/mol. The molecule has 0 saturated heterocycles. The lowest BCUT2D eigenvalue weighted by atomic mass is 10.2. The van der Waals surface area contributed by atoms with E-state index in [1.807, 2.05) is 0 Å². The Balaban J connectivity index is 3.18. The van der Waals surface area contributed by atoms with Gasteiger partial charge in [0.1, 0.15) is 11.4 Å². The molecule has 0 aliphatic rings. The highest BCUT2D eigenvalue weighted by atomic mass is 19.4. The van der Waals surface area contributed by atoms with Crippen molar-refractivity contribution in [2.45, 2.75) is 12.3 Å². The molecule has 0 radical (unpaired) electrons.